The maximum Gasteiger partial charge on any atom is 0.0644 e. The van der Waals surface area contributed by atoms with Gasteiger partial charge in [-0.05, 0) is 49.7 Å². The van der Waals surface area contributed by atoms with E-state index in [1.165, 1.54) is 16.9 Å². The standard InChI is InChI=1S/C19H28N4O/c1-21(2)18-5-3-16(4-6-18)15-22-11-8-17(9-12-22)19-7-10-20-23(19)13-14-24/h3-7,10,17,24H,8-9,11-15H2,1-2H3. The van der Waals surface area contributed by atoms with Gasteiger partial charge >= 0.3 is 0 Å². The predicted molar refractivity (Wildman–Crippen MR) is 97.3 cm³/mol. The number of aliphatic hydroxyl groups is 1. The van der Waals surface area contributed by atoms with Crippen LogP contribution >= 0.6 is 0 Å². The molecule has 0 aliphatic carbocycles. The second kappa shape index (κ2) is 7.81. The molecule has 2 heterocycles. The van der Waals surface area contributed by atoms with Crippen LogP contribution in [0.15, 0.2) is 36.5 Å². The highest BCUT2D eigenvalue weighted by Gasteiger charge is 2.23. The lowest BCUT2D eigenvalue weighted by atomic mass is 9.93. The fraction of sp³-hybridized carbons (Fsp3) is 0.526. The topological polar surface area (TPSA) is 44.5 Å². The van der Waals surface area contributed by atoms with Gasteiger partial charge in [-0.1, -0.05) is 12.1 Å². The zero-order chi connectivity index (χ0) is 16.9. The van der Waals surface area contributed by atoms with E-state index in [9.17, 15) is 0 Å². The van der Waals surface area contributed by atoms with Gasteiger partial charge in [-0.2, -0.15) is 5.10 Å². The maximum absolute atomic E-state index is 9.15. The summed E-state index contributed by atoms with van der Waals surface area (Å²) in [6.07, 6.45) is 4.17. The molecule has 1 aromatic heterocycles. The molecule has 0 unspecified atom stereocenters. The van der Waals surface area contributed by atoms with Crippen LogP contribution in [0.5, 0.6) is 0 Å². The first kappa shape index (κ1) is 17.0. The van der Waals surface area contributed by atoms with E-state index in [1.54, 1.807) is 0 Å². The van der Waals surface area contributed by atoms with Crippen LogP contribution in [0.3, 0.4) is 0 Å². The summed E-state index contributed by atoms with van der Waals surface area (Å²) >= 11 is 0. The van der Waals surface area contributed by atoms with Crippen molar-refractivity contribution in [2.75, 3.05) is 38.7 Å². The Morgan fingerprint density at radius 1 is 1.12 bits per heavy atom. The van der Waals surface area contributed by atoms with Crippen molar-refractivity contribution < 1.29 is 5.11 Å². The summed E-state index contributed by atoms with van der Waals surface area (Å²) in [5.41, 5.74) is 3.90. The van der Waals surface area contributed by atoms with E-state index < -0.39 is 0 Å². The number of hydrogen-bond donors (Lipinski definition) is 1. The lowest BCUT2D eigenvalue weighted by molar-refractivity contribution is 0.199. The number of nitrogens with zero attached hydrogens (tertiary/aromatic N) is 4. The van der Waals surface area contributed by atoms with E-state index in [-0.39, 0.29) is 6.61 Å². The number of rotatable bonds is 6. The summed E-state index contributed by atoms with van der Waals surface area (Å²) in [5, 5.41) is 13.5. The fourth-order valence-corrected chi connectivity index (χ4v) is 3.52. The van der Waals surface area contributed by atoms with E-state index in [1.807, 2.05) is 10.9 Å². The molecule has 24 heavy (non-hydrogen) atoms. The van der Waals surface area contributed by atoms with Gasteiger partial charge in [0.25, 0.3) is 0 Å². The second-order valence-corrected chi connectivity index (χ2v) is 6.81. The average Bonchev–Trinajstić information content (AvgIpc) is 3.05. The molecule has 2 aromatic rings. The monoisotopic (exact) mass is 328 g/mol. The zero-order valence-electron chi connectivity index (χ0n) is 14.7. The van der Waals surface area contributed by atoms with Crippen LogP contribution < -0.4 is 4.90 Å². The minimum atomic E-state index is 0.149. The predicted octanol–water partition coefficient (Wildman–Crippen LogP) is 2.32. The van der Waals surface area contributed by atoms with Crippen molar-refractivity contribution in [1.29, 1.82) is 0 Å². The highest BCUT2D eigenvalue weighted by atomic mass is 16.3. The normalized spacial score (nSPS) is 16.5. The van der Waals surface area contributed by atoms with Crippen LogP contribution in [0.25, 0.3) is 0 Å². The molecule has 3 rings (SSSR count). The molecule has 1 saturated heterocycles. The maximum atomic E-state index is 9.15. The Kier molecular flexibility index (Phi) is 5.53. The van der Waals surface area contributed by atoms with Gasteiger partial charge in [0.2, 0.25) is 0 Å². The largest absolute Gasteiger partial charge is 0.394 e. The minimum Gasteiger partial charge on any atom is -0.394 e. The number of aliphatic hydroxyl groups excluding tert-OH is 1. The van der Waals surface area contributed by atoms with Gasteiger partial charge in [0, 0.05) is 44.1 Å². The number of anilines is 1. The number of benzene rings is 1. The van der Waals surface area contributed by atoms with Crippen molar-refractivity contribution in [2.45, 2.75) is 31.8 Å². The molecule has 5 nitrogen and oxygen atoms in total. The second-order valence-electron chi connectivity index (χ2n) is 6.81. The molecule has 1 aliphatic heterocycles. The van der Waals surface area contributed by atoms with Gasteiger partial charge in [0.1, 0.15) is 0 Å². The first-order valence-electron chi connectivity index (χ1n) is 8.78. The summed E-state index contributed by atoms with van der Waals surface area (Å²) in [6, 6.07) is 11.0. The third-order valence-electron chi connectivity index (χ3n) is 4.93. The van der Waals surface area contributed by atoms with Crippen LogP contribution in [0.4, 0.5) is 5.69 Å². The van der Waals surface area contributed by atoms with Gasteiger partial charge in [-0.25, -0.2) is 0 Å². The molecule has 5 heteroatoms. The van der Waals surface area contributed by atoms with Gasteiger partial charge in [0.15, 0.2) is 0 Å². The molecule has 1 aliphatic rings. The van der Waals surface area contributed by atoms with Crippen molar-refractivity contribution in [3.63, 3.8) is 0 Å². The molecule has 0 radical (unpaired) electrons. The van der Waals surface area contributed by atoms with Crippen molar-refractivity contribution in [3.05, 3.63) is 47.8 Å². The SMILES string of the molecule is CN(C)c1ccc(CN2CCC(c3ccnn3CCO)CC2)cc1. The van der Waals surface area contributed by atoms with Crippen LogP contribution in [0.2, 0.25) is 0 Å². The van der Waals surface area contributed by atoms with Gasteiger partial charge < -0.3 is 10.0 Å². The number of likely N-dealkylation sites (tertiary alicyclic amines) is 1. The molecule has 130 valence electrons. The fourth-order valence-electron chi connectivity index (χ4n) is 3.52. The summed E-state index contributed by atoms with van der Waals surface area (Å²) in [5.74, 6) is 0.561. The van der Waals surface area contributed by atoms with E-state index >= 15 is 0 Å². The molecule has 1 N–H and O–H groups in total. The lowest BCUT2D eigenvalue weighted by Crippen LogP contribution is -2.33. The Morgan fingerprint density at radius 2 is 1.83 bits per heavy atom. The summed E-state index contributed by atoms with van der Waals surface area (Å²) < 4.78 is 1.96. The Balaban J connectivity index is 1.54. The van der Waals surface area contributed by atoms with Gasteiger partial charge in [-0.15, -0.1) is 0 Å². The Morgan fingerprint density at radius 3 is 2.46 bits per heavy atom. The molecule has 0 bridgehead atoms. The first-order valence-corrected chi connectivity index (χ1v) is 8.78. The third kappa shape index (κ3) is 3.97. The van der Waals surface area contributed by atoms with Crippen LogP contribution in [0.1, 0.15) is 30.0 Å². The number of aromatic nitrogens is 2. The first-order chi connectivity index (χ1) is 11.7. The van der Waals surface area contributed by atoms with Gasteiger partial charge in [0.05, 0.1) is 13.2 Å². The molecule has 0 atom stereocenters. The molecule has 1 aromatic carbocycles. The van der Waals surface area contributed by atoms with E-state index in [4.69, 9.17) is 5.11 Å². The lowest BCUT2D eigenvalue weighted by Gasteiger charge is -2.32. The highest BCUT2D eigenvalue weighted by molar-refractivity contribution is 5.45. The summed E-state index contributed by atoms with van der Waals surface area (Å²) in [4.78, 5) is 4.67. The quantitative estimate of drug-likeness (QED) is 0.884. The number of hydrogen-bond acceptors (Lipinski definition) is 4. The van der Waals surface area contributed by atoms with Crippen molar-refractivity contribution in [2.24, 2.45) is 0 Å². The smallest absolute Gasteiger partial charge is 0.0644 e. The minimum absolute atomic E-state index is 0.149. The highest BCUT2D eigenvalue weighted by Crippen LogP contribution is 2.28. The van der Waals surface area contributed by atoms with Crippen LogP contribution in [-0.4, -0.2) is 53.6 Å². The van der Waals surface area contributed by atoms with E-state index in [2.05, 4.69) is 59.3 Å². The Bertz CT molecular complexity index is 627. The van der Waals surface area contributed by atoms with Crippen molar-refractivity contribution >= 4 is 5.69 Å². The Hall–Kier alpha value is -1.85. The van der Waals surface area contributed by atoms with Gasteiger partial charge in [-0.3, -0.25) is 9.58 Å². The molecule has 0 spiro atoms. The van der Waals surface area contributed by atoms with E-state index in [0.29, 0.717) is 12.5 Å². The molecule has 0 amide bonds. The molecule has 0 saturated carbocycles. The molecular formula is C19H28N4O. The average molecular weight is 328 g/mol. The number of piperidine rings is 1. The summed E-state index contributed by atoms with van der Waals surface area (Å²) in [7, 11) is 4.14. The zero-order valence-corrected chi connectivity index (χ0v) is 14.7. The van der Waals surface area contributed by atoms with Crippen molar-refractivity contribution in [1.82, 2.24) is 14.7 Å². The van der Waals surface area contributed by atoms with Crippen LogP contribution in [-0.2, 0) is 13.1 Å². The Labute approximate surface area is 144 Å². The van der Waals surface area contributed by atoms with Crippen LogP contribution in [0, 0.1) is 0 Å². The molecular weight excluding hydrogens is 300 g/mol. The summed E-state index contributed by atoms with van der Waals surface area (Å²) in [6.45, 7) is 4.00. The van der Waals surface area contributed by atoms with E-state index in [0.717, 1.165) is 32.5 Å². The molecule has 1 fully saturated rings. The van der Waals surface area contributed by atoms with Crippen molar-refractivity contribution in [3.8, 4) is 0 Å². The third-order valence-corrected chi connectivity index (χ3v) is 4.93.